The Morgan fingerprint density at radius 3 is 2.04 bits per heavy atom. The fourth-order valence-corrected chi connectivity index (χ4v) is 10.1. The summed E-state index contributed by atoms with van der Waals surface area (Å²) < 4.78 is 8.77. The van der Waals surface area contributed by atoms with E-state index in [1.807, 2.05) is 23.5 Å². The smallest absolute Gasteiger partial charge is 0.135 e. The van der Waals surface area contributed by atoms with Gasteiger partial charge in [0, 0.05) is 42.9 Å². The number of rotatable bonds is 5. The number of benzene rings is 8. The van der Waals surface area contributed by atoms with Gasteiger partial charge in [0.15, 0.2) is 0 Å². The standard InChI is InChI=1S/C51H35NOS/c1-51(2)42-22-7-3-19-40(42)49-38(20-12-23-43(49)51)35-16-4-8-24-44(35)52(45-25-13-21-39-37-18-6-10-27-48(37)54-50(39)45)34-15-11-14-32(30-34)33-28-29-47-41(31-33)36-17-5-9-26-46(36)53-47/h3-31H,1-2H3. The predicted octanol–water partition coefficient (Wildman–Crippen LogP) is 15.1. The van der Waals surface area contributed by atoms with E-state index in [0.29, 0.717) is 0 Å². The summed E-state index contributed by atoms with van der Waals surface area (Å²) in [6.45, 7) is 4.72. The Labute approximate surface area is 318 Å². The molecule has 256 valence electrons. The van der Waals surface area contributed by atoms with Gasteiger partial charge in [0.05, 0.1) is 16.1 Å². The number of para-hydroxylation sites is 2. The van der Waals surface area contributed by atoms with E-state index >= 15 is 0 Å². The van der Waals surface area contributed by atoms with Crippen molar-refractivity contribution < 1.29 is 4.42 Å². The number of hydrogen-bond acceptors (Lipinski definition) is 3. The van der Waals surface area contributed by atoms with Gasteiger partial charge in [-0.2, -0.15) is 0 Å². The van der Waals surface area contributed by atoms with Gasteiger partial charge in [0.2, 0.25) is 0 Å². The van der Waals surface area contributed by atoms with Crippen molar-refractivity contribution in [3.05, 3.63) is 187 Å². The van der Waals surface area contributed by atoms with Crippen molar-refractivity contribution in [1.29, 1.82) is 0 Å². The first-order chi connectivity index (χ1) is 26.5. The lowest BCUT2D eigenvalue weighted by atomic mass is 9.82. The predicted molar refractivity (Wildman–Crippen MR) is 230 cm³/mol. The van der Waals surface area contributed by atoms with E-state index in [0.717, 1.165) is 44.4 Å². The Morgan fingerprint density at radius 1 is 0.463 bits per heavy atom. The molecule has 1 aliphatic rings. The van der Waals surface area contributed by atoms with Crippen LogP contribution in [-0.4, -0.2) is 0 Å². The normalized spacial score (nSPS) is 13.1. The molecule has 0 saturated heterocycles. The Morgan fingerprint density at radius 2 is 1.11 bits per heavy atom. The zero-order valence-electron chi connectivity index (χ0n) is 30.0. The summed E-state index contributed by atoms with van der Waals surface area (Å²) in [4.78, 5) is 2.49. The highest BCUT2D eigenvalue weighted by atomic mass is 32.1. The van der Waals surface area contributed by atoms with E-state index < -0.39 is 0 Å². The third kappa shape index (κ3) is 4.58. The van der Waals surface area contributed by atoms with Crippen LogP contribution in [0.5, 0.6) is 0 Å². The van der Waals surface area contributed by atoms with Crippen LogP contribution in [0.25, 0.3) is 75.5 Å². The lowest BCUT2D eigenvalue weighted by molar-refractivity contribution is 0.660. The van der Waals surface area contributed by atoms with E-state index in [-0.39, 0.29) is 5.41 Å². The molecular weight excluding hydrogens is 675 g/mol. The second kappa shape index (κ2) is 11.8. The second-order valence-electron chi connectivity index (χ2n) is 14.9. The van der Waals surface area contributed by atoms with E-state index in [1.165, 1.54) is 59.2 Å². The fraction of sp³-hybridized carbons (Fsp3) is 0.0588. The van der Waals surface area contributed by atoms with Gasteiger partial charge in [0.25, 0.3) is 0 Å². The number of thiophene rings is 1. The van der Waals surface area contributed by atoms with Gasteiger partial charge in [-0.25, -0.2) is 0 Å². The molecule has 0 unspecified atom stereocenters. The van der Waals surface area contributed by atoms with Crippen LogP contribution >= 0.6 is 11.3 Å². The van der Waals surface area contributed by atoms with Crippen LogP contribution in [0.3, 0.4) is 0 Å². The monoisotopic (exact) mass is 709 g/mol. The fourth-order valence-electron chi connectivity index (χ4n) is 8.92. The summed E-state index contributed by atoms with van der Waals surface area (Å²) in [6.07, 6.45) is 0. The van der Waals surface area contributed by atoms with Gasteiger partial charge in [-0.1, -0.05) is 141 Å². The van der Waals surface area contributed by atoms with E-state index in [2.05, 4.69) is 183 Å². The number of furan rings is 1. The molecule has 1 aliphatic carbocycles. The molecule has 0 atom stereocenters. The second-order valence-corrected chi connectivity index (χ2v) is 15.9. The SMILES string of the molecule is CC1(C)c2ccccc2-c2c(-c3ccccc3N(c3cccc(-c4ccc5oc6ccccc6c5c4)c3)c3cccc4c3sc3ccccc34)cccc21. The molecule has 0 fully saturated rings. The minimum atomic E-state index is -0.0883. The highest BCUT2D eigenvalue weighted by Crippen LogP contribution is 2.54. The molecule has 2 nitrogen and oxygen atoms in total. The molecular formula is C51H35NOS. The number of nitrogens with zero attached hydrogens (tertiary/aromatic N) is 1. The summed E-state index contributed by atoms with van der Waals surface area (Å²) >= 11 is 1.87. The average Bonchev–Trinajstić information content (AvgIpc) is 3.86. The molecule has 0 aliphatic heterocycles. The van der Waals surface area contributed by atoms with Crippen molar-refractivity contribution in [2.45, 2.75) is 19.3 Å². The molecule has 0 N–H and O–H groups in total. The van der Waals surface area contributed by atoms with Crippen molar-refractivity contribution in [2.75, 3.05) is 4.90 Å². The number of hydrogen-bond donors (Lipinski definition) is 0. The Kier molecular flexibility index (Phi) is 6.80. The van der Waals surface area contributed by atoms with Gasteiger partial charge < -0.3 is 9.32 Å². The molecule has 0 saturated carbocycles. The van der Waals surface area contributed by atoms with Gasteiger partial charge in [0.1, 0.15) is 11.2 Å². The van der Waals surface area contributed by atoms with Crippen molar-refractivity contribution in [3.63, 3.8) is 0 Å². The zero-order valence-corrected chi connectivity index (χ0v) is 30.8. The van der Waals surface area contributed by atoms with Crippen LogP contribution in [0, 0.1) is 0 Å². The first-order valence-electron chi connectivity index (χ1n) is 18.6. The maximum atomic E-state index is 6.20. The molecule has 2 heterocycles. The zero-order chi connectivity index (χ0) is 36.0. The largest absolute Gasteiger partial charge is 0.456 e. The molecule has 2 aromatic heterocycles. The van der Waals surface area contributed by atoms with Crippen LogP contribution in [0.15, 0.2) is 180 Å². The minimum Gasteiger partial charge on any atom is -0.456 e. The topological polar surface area (TPSA) is 16.4 Å². The summed E-state index contributed by atoms with van der Waals surface area (Å²) in [6, 6.07) is 64.2. The summed E-state index contributed by atoms with van der Waals surface area (Å²) in [5.74, 6) is 0. The lowest BCUT2D eigenvalue weighted by Gasteiger charge is -2.29. The summed E-state index contributed by atoms with van der Waals surface area (Å²) in [7, 11) is 0. The number of anilines is 3. The highest BCUT2D eigenvalue weighted by molar-refractivity contribution is 7.26. The van der Waals surface area contributed by atoms with Crippen molar-refractivity contribution in [3.8, 4) is 33.4 Å². The third-order valence-corrected chi connectivity index (χ3v) is 12.7. The molecule has 11 rings (SSSR count). The molecule has 0 radical (unpaired) electrons. The molecule has 0 bridgehead atoms. The van der Waals surface area contributed by atoms with Crippen molar-refractivity contribution >= 4 is 70.5 Å². The Hall–Kier alpha value is -6.42. The molecule has 10 aromatic rings. The van der Waals surface area contributed by atoms with Crippen molar-refractivity contribution in [2.24, 2.45) is 0 Å². The van der Waals surface area contributed by atoms with Crippen LogP contribution in [0.4, 0.5) is 17.1 Å². The van der Waals surface area contributed by atoms with Crippen LogP contribution in [0.1, 0.15) is 25.0 Å². The first kappa shape index (κ1) is 31.1. The maximum Gasteiger partial charge on any atom is 0.135 e. The summed E-state index contributed by atoms with van der Waals surface area (Å²) in [5.41, 5.74) is 15.3. The quantitative estimate of drug-likeness (QED) is 0.177. The lowest BCUT2D eigenvalue weighted by Crippen LogP contribution is -2.15. The van der Waals surface area contributed by atoms with Crippen molar-refractivity contribution in [1.82, 2.24) is 0 Å². The van der Waals surface area contributed by atoms with Gasteiger partial charge in [-0.3, -0.25) is 0 Å². The van der Waals surface area contributed by atoms with E-state index in [9.17, 15) is 0 Å². The van der Waals surface area contributed by atoms with Crippen LogP contribution < -0.4 is 4.90 Å². The molecule has 54 heavy (non-hydrogen) atoms. The van der Waals surface area contributed by atoms with Gasteiger partial charge in [-0.15, -0.1) is 11.3 Å². The van der Waals surface area contributed by atoms with E-state index in [1.54, 1.807) is 0 Å². The average molecular weight is 710 g/mol. The van der Waals surface area contributed by atoms with Crippen LogP contribution in [-0.2, 0) is 5.41 Å². The minimum absolute atomic E-state index is 0.0883. The van der Waals surface area contributed by atoms with Gasteiger partial charge in [-0.05, 0) is 87.5 Å². The molecule has 8 aromatic carbocycles. The Balaban J connectivity index is 1.16. The first-order valence-corrected chi connectivity index (χ1v) is 19.4. The number of fused-ring (bicyclic) bond motifs is 9. The maximum absolute atomic E-state index is 6.20. The highest BCUT2D eigenvalue weighted by Gasteiger charge is 2.37. The summed E-state index contributed by atoms with van der Waals surface area (Å²) in [5, 5.41) is 4.84. The third-order valence-electron chi connectivity index (χ3n) is 11.5. The molecule has 3 heteroatoms. The molecule has 0 spiro atoms. The molecule has 0 amide bonds. The van der Waals surface area contributed by atoms with Crippen LogP contribution in [0.2, 0.25) is 0 Å². The van der Waals surface area contributed by atoms with Gasteiger partial charge >= 0.3 is 0 Å². The van der Waals surface area contributed by atoms with E-state index in [4.69, 9.17) is 4.42 Å². The Bertz CT molecular complexity index is 3110.